The number of likely N-dealkylation sites (tertiary alicyclic amines) is 1. The van der Waals surface area contributed by atoms with Crippen molar-refractivity contribution in [2.75, 3.05) is 18.4 Å². The van der Waals surface area contributed by atoms with Crippen molar-refractivity contribution in [3.05, 3.63) is 50.9 Å². The van der Waals surface area contributed by atoms with Crippen molar-refractivity contribution >= 4 is 60.1 Å². The summed E-state index contributed by atoms with van der Waals surface area (Å²) in [6.07, 6.45) is 4.52. The predicted molar refractivity (Wildman–Crippen MR) is 131 cm³/mol. The number of piperidine rings is 1. The smallest absolute Gasteiger partial charge is 0.267 e. The number of benzene rings is 1. The van der Waals surface area contributed by atoms with Gasteiger partial charge in [0.05, 0.1) is 26.8 Å². The molecule has 0 unspecified atom stereocenters. The molecule has 0 radical (unpaired) electrons. The van der Waals surface area contributed by atoms with Crippen molar-refractivity contribution in [2.45, 2.75) is 39.7 Å². The first-order chi connectivity index (χ1) is 15.9. The summed E-state index contributed by atoms with van der Waals surface area (Å²) in [5, 5.41) is 3.77. The molecule has 1 saturated heterocycles. The number of fused-ring (bicyclic) bond motifs is 2. The highest BCUT2D eigenvalue weighted by atomic mass is 32.1. The summed E-state index contributed by atoms with van der Waals surface area (Å²) in [4.78, 5) is 50.4. The van der Waals surface area contributed by atoms with Crippen LogP contribution in [-0.2, 0) is 11.3 Å². The standard InChI is InChI=1S/C23H23N5O3S2/c1-13-7-6-8-15-18(13)25-23(32-15)26-20(30)19-14(2)17-21(33-19)24-12-28(22(17)31)11-16(29)27-9-4-3-5-10-27/h6-8,12H,3-5,9-11H2,1-2H3,(H,25,26,30). The second kappa shape index (κ2) is 8.68. The van der Waals surface area contributed by atoms with Gasteiger partial charge in [0.15, 0.2) is 5.13 Å². The number of amides is 2. The van der Waals surface area contributed by atoms with Gasteiger partial charge in [-0.3, -0.25) is 24.3 Å². The molecule has 4 aromatic rings. The van der Waals surface area contributed by atoms with Crippen LogP contribution < -0.4 is 10.9 Å². The number of thiazole rings is 1. The number of hydrogen-bond donors (Lipinski definition) is 1. The van der Waals surface area contributed by atoms with Gasteiger partial charge in [-0.25, -0.2) is 9.97 Å². The van der Waals surface area contributed by atoms with E-state index in [1.807, 2.05) is 25.1 Å². The summed E-state index contributed by atoms with van der Waals surface area (Å²) < 4.78 is 2.35. The molecule has 1 aliphatic rings. The number of nitrogens with one attached hydrogen (secondary N) is 1. The first-order valence-electron chi connectivity index (χ1n) is 10.9. The fourth-order valence-corrected chi connectivity index (χ4v) is 6.14. The Morgan fingerprint density at radius 1 is 1.12 bits per heavy atom. The van der Waals surface area contributed by atoms with Gasteiger partial charge >= 0.3 is 0 Å². The molecule has 1 fully saturated rings. The molecule has 10 heteroatoms. The van der Waals surface area contributed by atoms with Gasteiger partial charge in [0, 0.05) is 13.1 Å². The third-order valence-corrected chi connectivity index (χ3v) is 8.11. The lowest BCUT2D eigenvalue weighted by Gasteiger charge is -2.26. The molecule has 4 heterocycles. The van der Waals surface area contributed by atoms with Crippen LogP contribution >= 0.6 is 22.7 Å². The molecular formula is C23H23N5O3S2. The topological polar surface area (TPSA) is 97.2 Å². The highest BCUT2D eigenvalue weighted by Crippen LogP contribution is 2.31. The first-order valence-corrected chi connectivity index (χ1v) is 12.5. The van der Waals surface area contributed by atoms with Crippen LogP contribution in [0.15, 0.2) is 29.3 Å². The number of carbonyl (C=O) groups excluding carboxylic acids is 2. The van der Waals surface area contributed by atoms with Gasteiger partial charge in [-0.05, 0) is 50.3 Å². The molecule has 170 valence electrons. The Balaban J connectivity index is 1.42. The number of nitrogens with zero attached hydrogens (tertiary/aromatic N) is 4. The normalized spacial score (nSPS) is 14.2. The Labute approximate surface area is 197 Å². The van der Waals surface area contributed by atoms with E-state index >= 15 is 0 Å². The molecule has 1 aliphatic heterocycles. The van der Waals surface area contributed by atoms with E-state index in [1.54, 1.807) is 11.8 Å². The van der Waals surface area contributed by atoms with Crippen molar-refractivity contribution in [1.29, 1.82) is 0 Å². The van der Waals surface area contributed by atoms with Gasteiger partial charge in [0.1, 0.15) is 11.4 Å². The van der Waals surface area contributed by atoms with E-state index in [0.717, 1.165) is 48.1 Å². The van der Waals surface area contributed by atoms with Crippen molar-refractivity contribution in [3.8, 4) is 0 Å². The van der Waals surface area contributed by atoms with Gasteiger partial charge in [-0.15, -0.1) is 11.3 Å². The van der Waals surface area contributed by atoms with E-state index in [1.165, 1.54) is 33.6 Å². The summed E-state index contributed by atoms with van der Waals surface area (Å²) in [6, 6.07) is 5.92. The molecule has 0 saturated carbocycles. The Kier molecular flexibility index (Phi) is 5.71. The fourth-order valence-electron chi connectivity index (χ4n) is 4.17. The number of thiophene rings is 1. The number of carbonyl (C=O) groups is 2. The van der Waals surface area contributed by atoms with E-state index in [4.69, 9.17) is 0 Å². The maximum Gasteiger partial charge on any atom is 0.267 e. The van der Waals surface area contributed by atoms with Gasteiger partial charge in [0.2, 0.25) is 5.91 Å². The van der Waals surface area contributed by atoms with Crippen molar-refractivity contribution < 1.29 is 9.59 Å². The van der Waals surface area contributed by atoms with E-state index in [-0.39, 0.29) is 23.9 Å². The minimum absolute atomic E-state index is 0.0381. The minimum Gasteiger partial charge on any atom is -0.341 e. The number of anilines is 1. The van der Waals surface area contributed by atoms with E-state index < -0.39 is 0 Å². The molecule has 2 amide bonds. The summed E-state index contributed by atoms with van der Waals surface area (Å²) >= 11 is 2.59. The van der Waals surface area contributed by atoms with Crippen LogP contribution in [0.3, 0.4) is 0 Å². The second-order valence-corrected chi connectivity index (χ2v) is 10.3. The SMILES string of the molecule is Cc1cccc2sc(NC(=O)c3sc4ncn(CC(=O)N5CCCCC5)c(=O)c4c3C)nc12. The molecule has 5 rings (SSSR count). The largest absolute Gasteiger partial charge is 0.341 e. The molecule has 1 N–H and O–H groups in total. The lowest BCUT2D eigenvalue weighted by molar-refractivity contribution is -0.132. The lowest BCUT2D eigenvalue weighted by Crippen LogP contribution is -2.39. The van der Waals surface area contributed by atoms with Crippen molar-refractivity contribution in [2.24, 2.45) is 0 Å². The molecule has 1 aromatic carbocycles. The second-order valence-electron chi connectivity index (χ2n) is 8.25. The number of aryl methyl sites for hydroxylation is 2. The van der Waals surface area contributed by atoms with E-state index in [9.17, 15) is 14.4 Å². The Morgan fingerprint density at radius 2 is 1.91 bits per heavy atom. The maximum atomic E-state index is 13.1. The van der Waals surface area contributed by atoms with Crippen LogP contribution in [0.5, 0.6) is 0 Å². The monoisotopic (exact) mass is 481 g/mol. The Morgan fingerprint density at radius 3 is 2.67 bits per heavy atom. The molecule has 0 aliphatic carbocycles. The van der Waals surface area contributed by atoms with Crippen LogP contribution in [-0.4, -0.2) is 44.3 Å². The summed E-state index contributed by atoms with van der Waals surface area (Å²) in [7, 11) is 0. The van der Waals surface area contributed by atoms with Crippen molar-refractivity contribution in [1.82, 2.24) is 19.4 Å². The third kappa shape index (κ3) is 4.04. The third-order valence-electron chi connectivity index (χ3n) is 5.98. The Hall–Kier alpha value is -3.11. The van der Waals surface area contributed by atoms with Crippen LogP contribution in [0.4, 0.5) is 5.13 Å². The predicted octanol–water partition coefficient (Wildman–Crippen LogP) is 3.95. The fraction of sp³-hybridized carbons (Fsp3) is 0.348. The molecule has 0 spiro atoms. The molecule has 8 nitrogen and oxygen atoms in total. The zero-order chi connectivity index (χ0) is 23.1. The minimum atomic E-state index is -0.317. The van der Waals surface area contributed by atoms with Crippen LogP contribution in [0.2, 0.25) is 0 Å². The summed E-state index contributed by atoms with van der Waals surface area (Å²) in [6.45, 7) is 5.16. The highest BCUT2D eigenvalue weighted by molar-refractivity contribution is 7.23. The van der Waals surface area contributed by atoms with Crippen LogP contribution in [0.1, 0.15) is 40.1 Å². The lowest BCUT2D eigenvalue weighted by atomic mass is 10.1. The maximum absolute atomic E-state index is 13.1. The number of hydrogen-bond acceptors (Lipinski definition) is 7. The number of para-hydroxylation sites is 1. The molecule has 0 bridgehead atoms. The van der Waals surface area contributed by atoms with E-state index in [0.29, 0.717) is 25.8 Å². The highest BCUT2D eigenvalue weighted by Gasteiger charge is 2.22. The zero-order valence-electron chi connectivity index (χ0n) is 18.4. The van der Waals surface area contributed by atoms with Crippen LogP contribution in [0, 0.1) is 13.8 Å². The van der Waals surface area contributed by atoms with Crippen molar-refractivity contribution in [3.63, 3.8) is 0 Å². The average molecular weight is 482 g/mol. The zero-order valence-corrected chi connectivity index (χ0v) is 20.0. The molecule has 0 atom stereocenters. The van der Waals surface area contributed by atoms with Gasteiger partial charge in [0.25, 0.3) is 11.5 Å². The van der Waals surface area contributed by atoms with Gasteiger partial charge in [-0.1, -0.05) is 23.5 Å². The molecular weight excluding hydrogens is 458 g/mol. The summed E-state index contributed by atoms with van der Waals surface area (Å²) in [5.74, 6) is -0.391. The molecule has 3 aromatic heterocycles. The average Bonchev–Trinajstić information content (AvgIpc) is 3.38. The number of aromatic nitrogens is 3. The van der Waals surface area contributed by atoms with Crippen LogP contribution in [0.25, 0.3) is 20.4 Å². The molecule has 33 heavy (non-hydrogen) atoms. The first kappa shape index (κ1) is 21.7. The Bertz CT molecular complexity index is 1450. The quantitative estimate of drug-likeness (QED) is 0.476. The number of rotatable bonds is 4. The van der Waals surface area contributed by atoms with Gasteiger partial charge < -0.3 is 4.90 Å². The van der Waals surface area contributed by atoms with Gasteiger partial charge in [-0.2, -0.15) is 0 Å². The summed E-state index contributed by atoms with van der Waals surface area (Å²) in [5.41, 5.74) is 2.19. The van der Waals surface area contributed by atoms with E-state index in [2.05, 4.69) is 15.3 Å².